The van der Waals surface area contributed by atoms with Crippen LogP contribution in [0.4, 0.5) is 23.8 Å². The van der Waals surface area contributed by atoms with E-state index in [1.54, 1.807) is 30.9 Å². The molecule has 23 heavy (non-hydrogen) atoms. The summed E-state index contributed by atoms with van der Waals surface area (Å²) < 4.78 is 39.5. The number of rotatable bonds is 2. The Morgan fingerprint density at radius 3 is 2.65 bits per heavy atom. The number of amides is 2. The average molecular weight is 330 g/mol. The zero-order valence-electron chi connectivity index (χ0n) is 13.5. The Morgan fingerprint density at radius 1 is 1.35 bits per heavy atom. The third-order valence-corrected chi connectivity index (χ3v) is 4.02. The summed E-state index contributed by atoms with van der Waals surface area (Å²) in [5, 5.41) is 0. The van der Waals surface area contributed by atoms with E-state index in [4.69, 9.17) is 0 Å². The summed E-state index contributed by atoms with van der Waals surface area (Å²) in [6, 6.07) is 2.03. The van der Waals surface area contributed by atoms with Crippen LogP contribution in [0.5, 0.6) is 0 Å². The monoisotopic (exact) mass is 330 g/mol. The Kier molecular flexibility index (Phi) is 5.01. The zero-order chi connectivity index (χ0) is 17.2. The summed E-state index contributed by atoms with van der Waals surface area (Å²) in [6.07, 6.45) is -1.60. The molecule has 0 saturated carbocycles. The molecule has 0 aromatic carbocycles. The van der Waals surface area contributed by atoms with Crippen LogP contribution >= 0.6 is 0 Å². The Hall–Kier alpha value is -1.99. The number of likely N-dealkylation sites (N-methyl/N-ethyl adjacent to an activating group) is 1. The van der Waals surface area contributed by atoms with Crippen molar-refractivity contribution in [3.05, 3.63) is 23.9 Å². The molecule has 5 nitrogen and oxygen atoms in total. The number of nitrogens with zero attached hydrogens (tertiary/aromatic N) is 4. The van der Waals surface area contributed by atoms with E-state index in [9.17, 15) is 18.0 Å². The van der Waals surface area contributed by atoms with Crippen molar-refractivity contribution in [3.63, 3.8) is 0 Å². The van der Waals surface area contributed by atoms with E-state index in [1.165, 1.54) is 17.2 Å². The number of aromatic nitrogens is 1. The van der Waals surface area contributed by atoms with Gasteiger partial charge in [-0.25, -0.2) is 9.78 Å². The lowest BCUT2D eigenvalue weighted by atomic mass is 10.0. The molecule has 128 valence electrons. The number of carbonyl (C=O) groups is 1. The largest absolute Gasteiger partial charge is 0.419 e. The minimum Gasteiger partial charge on any atom is -0.354 e. The molecule has 1 unspecified atom stereocenters. The van der Waals surface area contributed by atoms with Crippen molar-refractivity contribution in [1.29, 1.82) is 0 Å². The van der Waals surface area contributed by atoms with Gasteiger partial charge in [0.25, 0.3) is 0 Å². The fraction of sp³-hybridized carbons (Fsp3) is 0.600. The maximum Gasteiger partial charge on any atom is 0.419 e. The first-order valence-electron chi connectivity index (χ1n) is 7.43. The summed E-state index contributed by atoms with van der Waals surface area (Å²) in [6.45, 7) is 0.844. The number of pyridine rings is 1. The normalized spacial score (nSPS) is 18.7. The van der Waals surface area contributed by atoms with Gasteiger partial charge >= 0.3 is 12.2 Å². The molecule has 0 bridgehead atoms. The molecule has 0 spiro atoms. The molecule has 2 rings (SSSR count). The van der Waals surface area contributed by atoms with Gasteiger partial charge in [0.2, 0.25) is 0 Å². The van der Waals surface area contributed by atoms with Crippen molar-refractivity contribution in [2.75, 3.05) is 39.1 Å². The van der Waals surface area contributed by atoms with Gasteiger partial charge in [-0.3, -0.25) is 0 Å². The van der Waals surface area contributed by atoms with Gasteiger partial charge in [-0.1, -0.05) is 0 Å². The lowest BCUT2D eigenvalue weighted by Crippen LogP contribution is -2.51. The van der Waals surface area contributed by atoms with E-state index in [2.05, 4.69) is 4.98 Å². The summed E-state index contributed by atoms with van der Waals surface area (Å²) in [7, 11) is 4.99. The Bertz CT molecular complexity index is 562. The van der Waals surface area contributed by atoms with Crippen LogP contribution in [0.2, 0.25) is 0 Å². The molecule has 2 heterocycles. The average Bonchev–Trinajstić information content (AvgIpc) is 2.52. The molecule has 1 aromatic heterocycles. The number of halogens is 3. The number of urea groups is 1. The highest BCUT2D eigenvalue weighted by Gasteiger charge is 2.37. The molecule has 1 atom stereocenters. The van der Waals surface area contributed by atoms with Crippen LogP contribution in [-0.4, -0.2) is 61.1 Å². The second-order valence-corrected chi connectivity index (χ2v) is 5.90. The van der Waals surface area contributed by atoms with Crippen LogP contribution in [0.15, 0.2) is 18.3 Å². The van der Waals surface area contributed by atoms with E-state index in [-0.39, 0.29) is 17.9 Å². The van der Waals surface area contributed by atoms with Crippen molar-refractivity contribution in [2.45, 2.75) is 25.1 Å². The number of anilines is 1. The molecule has 0 radical (unpaired) electrons. The second kappa shape index (κ2) is 6.64. The molecule has 1 aliphatic heterocycles. The third kappa shape index (κ3) is 3.86. The molecule has 2 amide bonds. The van der Waals surface area contributed by atoms with Gasteiger partial charge in [0, 0.05) is 40.4 Å². The number of carbonyl (C=O) groups excluding carboxylic acids is 1. The lowest BCUT2D eigenvalue weighted by molar-refractivity contribution is -0.137. The van der Waals surface area contributed by atoms with E-state index >= 15 is 0 Å². The van der Waals surface area contributed by atoms with Crippen LogP contribution < -0.4 is 4.90 Å². The standard InChI is InChI=1S/C15H21F3N4O/c1-20(2)14(23)21(3)11-6-5-9-22(10-11)13-12(15(16,17)18)7-4-8-19-13/h4,7-8,11H,5-6,9-10H2,1-3H3. The van der Waals surface area contributed by atoms with Gasteiger partial charge in [-0.15, -0.1) is 0 Å². The molecule has 1 saturated heterocycles. The maximum absolute atomic E-state index is 13.2. The summed E-state index contributed by atoms with van der Waals surface area (Å²) >= 11 is 0. The van der Waals surface area contributed by atoms with E-state index in [1.807, 2.05) is 0 Å². The maximum atomic E-state index is 13.2. The van der Waals surface area contributed by atoms with Crippen LogP contribution in [0.25, 0.3) is 0 Å². The van der Waals surface area contributed by atoms with Crippen molar-refractivity contribution in [2.24, 2.45) is 0 Å². The first-order chi connectivity index (χ1) is 10.7. The first-order valence-corrected chi connectivity index (χ1v) is 7.43. The Labute approximate surface area is 133 Å². The number of hydrogen-bond acceptors (Lipinski definition) is 3. The Balaban J connectivity index is 2.21. The van der Waals surface area contributed by atoms with Gasteiger partial charge in [0.1, 0.15) is 5.82 Å². The van der Waals surface area contributed by atoms with Crippen LogP contribution in [0.3, 0.4) is 0 Å². The molecule has 1 aliphatic rings. The van der Waals surface area contributed by atoms with Crippen LogP contribution in [0, 0.1) is 0 Å². The molecule has 8 heteroatoms. The molecule has 1 fully saturated rings. The summed E-state index contributed by atoms with van der Waals surface area (Å²) in [4.78, 5) is 20.7. The van der Waals surface area contributed by atoms with E-state index < -0.39 is 11.7 Å². The molecule has 0 aliphatic carbocycles. The quantitative estimate of drug-likeness (QED) is 0.837. The smallest absolute Gasteiger partial charge is 0.354 e. The lowest BCUT2D eigenvalue weighted by Gasteiger charge is -2.39. The fourth-order valence-corrected chi connectivity index (χ4v) is 2.81. The number of alkyl halides is 3. The molecule has 0 N–H and O–H groups in total. The minimum atomic E-state index is -4.44. The Morgan fingerprint density at radius 2 is 2.04 bits per heavy atom. The van der Waals surface area contributed by atoms with Crippen LogP contribution in [0.1, 0.15) is 18.4 Å². The zero-order valence-corrected chi connectivity index (χ0v) is 13.5. The fourth-order valence-electron chi connectivity index (χ4n) is 2.81. The third-order valence-electron chi connectivity index (χ3n) is 4.02. The predicted molar refractivity (Wildman–Crippen MR) is 81.3 cm³/mol. The second-order valence-electron chi connectivity index (χ2n) is 5.90. The van der Waals surface area contributed by atoms with Gasteiger partial charge in [0.15, 0.2) is 0 Å². The highest BCUT2D eigenvalue weighted by atomic mass is 19.4. The molecular formula is C15H21F3N4O. The molecular weight excluding hydrogens is 309 g/mol. The van der Waals surface area contributed by atoms with Crippen molar-refractivity contribution in [3.8, 4) is 0 Å². The van der Waals surface area contributed by atoms with E-state index in [0.717, 1.165) is 12.5 Å². The SMILES string of the molecule is CN(C)C(=O)N(C)C1CCCN(c2ncccc2C(F)(F)F)C1. The number of piperidine rings is 1. The highest BCUT2D eigenvalue weighted by Crippen LogP contribution is 2.36. The van der Waals surface area contributed by atoms with Gasteiger partial charge < -0.3 is 14.7 Å². The topological polar surface area (TPSA) is 39.7 Å². The van der Waals surface area contributed by atoms with Gasteiger partial charge in [0.05, 0.1) is 11.6 Å². The highest BCUT2D eigenvalue weighted by molar-refractivity contribution is 5.74. The minimum absolute atomic E-state index is 0.0598. The van der Waals surface area contributed by atoms with Crippen molar-refractivity contribution in [1.82, 2.24) is 14.8 Å². The summed E-state index contributed by atoms with van der Waals surface area (Å²) in [5.41, 5.74) is -0.734. The van der Waals surface area contributed by atoms with Crippen molar-refractivity contribution < 1.29 is 18.0 Å². The van der Waals surface area contributed by atoms with Gasteiger partial charge in [-0.2, -0.15) is 13.2 Å². The molecule has 1 aromatic rings. The van der Waals surface area contributed by atoms with Crippen molar-refractivity contribution >= 4 is 11.8 Å². The van der Waals surface area contributed by atoms with E-state index in [0.29, 0.717) is 19.5 Å². The predicted octanol–water partition coefficient (Wildman–Crippen LogP) is 2.68. The summed E-state index contributed by atoms with van der Waals surface area (Å²) in [5.74, 6) is -0.0598. The van der Waals surface area contributed by atoms with Gasteiger partial charge in [-0.05, 0) is 25.0 Å². The van der Waals surface area contributed by atoms with Crippen LogP contribution in [-0.2, 0) is 6.18 Å². The first kappa shape index (κ1) is 17.4. The number of hydrogen-bond donors (Lipinski definition) is 0.